The predicted octanol–water partition coefficient (Wildman–Crippen LogP) is 2.38. The maximum atomic E-state index is 3.50. The van der Waals surface area contributed by atoms with Crippen LogP contribution in [-0.2, 0) is 0 Å². The Hall–Kier alpha value is -1.12. The Morgan fingerprint density at radius 2 is 2.06 bits per heavy atom. The van der Waals surface area contributed by atoms with Gasteiger partial charge in [0.2, 0.25) is 0 Å². The zero-order chi connectivity index (χ0) is 12.1. The highest BCUT2D eigenvalue weighted by Gasteiger charge is 2.20. The fourth-order valence-corrected chi connectivity index (χ4v) is 2.24. The number of hydrogen-bond donors (Lipinski definition) is 1. The first-order chi connectivity index (χ1) is 8.25. The van der Waals surface area contributed by atoms with E-state index in [1.165, 1.54) is 5.56 Å². The lowest BCUT2D eigenvalue weighted by Crippen LogP contribution is -2.54. The molecule has 1 fully saturated rings. The molecule has 0 aromatic heterocycles. The second-order valence-corrected chi connectivity index (χ2v) is 4.93. The van der Waals surface area contributed by atoms with Gasteiger partial charge >= 0.3 is 0 Å². The van der Waals surface area contributed by atoms with Crippen molar-refractivity contribution in [2.24, 2.45) is 0 Å². The van der Waals surface area contributed by atoms with E-state index >= 15 is 0 Å². The van der Waals surface area contributed by atoms with Crippen molar-refractivity contribution in [2.45, 2.75) is 25.9 Å². The summed E-state index contributed by atoms with van der Waals surface area (Å²) in [6, 6.07) is 11.7. The first-order valence-corrected chi connectivity index (χ1v) is 6.45. The van der Waals surface area contributed by atoms with E-state index in [4.69, 9.17) is 0 Å². The molecule has 2 atom stereocenters. The molecular formula is C15H22N2. The van der Waals surface area contributed by atoms with E-state index < -0.39 is 0 Å². The summed E-state index contributed by atoms with van der Waals surface area (Å²) in [4.78, 5) is 2.53. The highest BCUT2D eigenvalue weighted by Crippen LogP contribution is 2.07. The van der Waals surface area contributed by atoms with Gasteiger partial charge in [0.05, 0.1) is 0 Å². The van der Waals surface area contributed by atoms with Gasteiger partial charge in [0.1, 0.15) is 0 Å². The van der Waals surface area contributed by atoms with Crippen LogP contribution in [0.4, 0.5) is 0 Å². The molecule has 1 aliphatic heterocycles. The predicted molar refractivity (Wildman–Crippen MR) is 74.0 cm³/mol. The maximum Gasteiger partial charge on any atom is 0.0196 e. The maximum absolute atomic E-state index is 3.50. The summed E-state index contributed by atoms with van der Waals surface area (Å²) >= 11 is 0. The van der Waals surface area contributed by atoms with Crippen LogP contribution in [0.1, 0.15) is 19.4 Å². The molecule has 1 N–H and O–H groups in total. The summed E-state index contributed by atoms with van der Waals surface area (Å²) in [6.07, 6.45) is 4.48. The van der Waals surface area contributed by atoms with E-state index in [-0.39, 0.29) is 0 Å². The summed E-state index contributed by atoms with van der Waals surface area (Å²) in [7, 11) is 0. The van der Waals surface area contributed by atoms with Crippen LogP contribution in [0.2, 0.25) is 0 Å². The van der Waals surface area contributed by atoms with Gasteiger partial charge in [0.25, 0.3) is 0 Å². The smallest absolute Gasteiger partial charge is 0.0196 e. The molecule has 0 aliphatic carbocycles. The lowest BCUT2D eigenvalue weighted by atomic mass is 10.1. The number of benzene rings is 1. The minimum atomic E-state index is 0.608. The summed E-state index contributed by atoms with van der Waals surface area (Å²) in [6.45, 7) is 7.82. The standard InChI is InChI=1S/C15H22N2/c1-13-12-17(14(2)11-16-13)10-6-9-15-7-4-3-5-8-15/h3-9,13-14,16H,10-12H2,1-2H3/b9-6+. The van der Waals surface area contributed by atoms with Crippen LogP contribution in [0.5, 0.6) is 0 Å². The molecule has 0 bridgehead atoms. The third kappa shape index (κ3) is 3.69. The van der Waals surface area contributed by atoms with Crippen molar-refractivity contribution in [3.63, 3.8) is 0 Å². The fraction of sp³-hybridized carbons (Fsp3) is 0.467. The molecule has 0 amide bonds. The highest BCUT2D eigenvalue weighted by molar-refractivity contribution is 5.48. The highest BCUT2D eigenvalue weighted by atomic mass is 15.2. The second kappa shape index (κ2) is 5.99. The number of rotatable bonds is 3. The van der Waals surface area contributed by atoms with E-state index in [1.54, 1.807) is 0 Å². The Bertz CT molecular complexity index is 358. The minimum Gasteiger partial charge on any atom is -0.311 e. The summed E-state index contributed by atoms with van der Waals surface area (Å²) in [5.41, 5.74) is 1.28. The first-order valence-electron chi connectivity index (χ1n) is 6.45. The largest absolute Gasteiger partial charge is 0.311 e. The minimum absolute atomic E-state index is 0.608. The normalized spacial score (nSPS) is 26.5. The lowest BCUT2D eigenvalue weighted by Gasteiger charge is -2.36. The van der Waals surface area contributed by atoms with E-state index in [0.717, 1.165) is 19.6 Å². The second-order valence-electron chi connectivity index (χ2n) is 4.93. The number of nitrogens with zero attached hydrogens (tertiary/aromatic N) is 1. The molecule has 0 spiro atoms. The molecule has 17 heavy (non-hydrogen) atoms. The molecule has 0 saturated carbocycles. The molecule has 1 aliphatic rings. The van der Waals surface area contributed by atoms with Crippen molar-refractivity contribution in [1.82, 2.24) is 10.2 Å². The first kappa shape index (κ1) is 12.3. The van der Waals surface area contributed by atoms with Gasteiger partial charge in [0.15, 0.2) is 0 Å². The Labute approximate surface area is 104 Å². The molecule has 1 aromatic rings. The Morgan fingerprint density at radius 3 is 2.82 bits per heavy atom. The molecule has 2 heteroatoms. The van der Waals surface area contributed by atoms with E-state index in [1.807, 2.05) is 0 Å². The van der Waals surface area contributed by atoms with E-state index in [0.29, 0.717) is 12.1 Å². The Balaban J connectivity index is 1.87. The summed E-state index contributed by atoms with van der Waals surface area (Å²) < 4.78 is 0. The lowest BCUT2D eigenvalue weighted by molar-refractivity contribution is 0.163. The molecule has 0 radical (unpaired) electrons. The Morgan fingerprint density at radius 1 is 1.29 bits per heavy atom. The molecule has 2 unspecified atom stereocenters. The SMILES string of the molecule is CC1CN(C/C=C/c2ccccc2)C(C)CN1. The molecule has 2 rings (SSSR count). The van der Waals surface area contributed by atoms with Crippen LogP contribution in [0.15, 0.2) is 36.4 Å². The summed E-state index contributed by atoms with van der Waals surface area (Å²) in [5.74, 6) is 0. The van der Waals surface area contributed by atoms with Crippen LogP contribution in [0, 0.1) is 0 Å². The van der Waals surface area contributed by atoms with E-state index in [9.17, 15) is 0 Å². The van der Waals surface area contributed by atoms with Gasteiger partial charge in [-0.25, -0.2) is 0 Å². The van der Waals surface area contributed by atoms with Gasteiger partial charge in [-0.15, -0.1) is 0 Å². The Kier molecular flexibility index (Phi) is 4.35. The van der Waals surface area contributed by atoms with Crippen LogP contribution < -0.4 is 5.32 Å². The monoisotopic (exact) mass is 230 g/mol. The third-order valence-electron chi connectivity index (χ3n) is 3.34. The van der Waals surface area contributed by atoms with Gasteiger partial charge < -0.3 is 5.32 Å². The van der Waals surface area contributed by atoms with Gasteiger partial charge in [-0.05, 0) is 19.4 Å². The molecule has 1 heterocycles. The fourth-order valence-electron chi connectivity index (χ4n) is 2.24. The van der Waals surface area contributed by atoms with Crippen molar-refractivity contribution in [3.8, 4) is 0 Å². The van der Waals surface area contributed by atoms with Crippen LogP contribution in [0.3, 0.4) is 0 Å². The molecule has 1 saturated heterocycles. The van der Waals surface area contributed by atoms with Crippen molar-refractivity contribution < 1.29 is 0 Å². The quantitative estimate of drug-likeness (QED) is 0.857. The zero-order valence-electron chi connectivity index (χ0n) is 10.8. The number of hydrogen-bond acceptors (Lipinski definition) is 2. The third-order valence-corrected chi connectivity index (χ3v) is 3.34. The molecule has 2 nitrogen and oxygen atoms in total. The van der Waals surface area contributed by atoms with Gasteiger partial charge in [-0.2, -0.15) is 0 Å². The van der Waals surface area contributed by atoms with Gasteiger partial charge in [-0.3, -0.25) is 4.90 Å². The number of piperazine rings is 1. The van der Waals surface area contributed by atoms with Crippen molar-refractivity contribution in [1.29, 1.82) is 0 Å². The average Bonchev–Trinajstić information content (AvgIpc) is 2.35. The van der Waals surface area contributed by atoms with Gasteiger partial charge in [0, 0.05) is 31.7 Å². The van der Waals surface area contributed by atoms with Crippen molar-refractivity contribution in [2.75, 3.05) is 19.6 Å². The van der Waals surface area contributed by atoms with Crippen LogP contribution in [-0.4, -0.2) is 36.6 Å². The number of nitrogens with one attached hydrogen (secondary N) is 1. The van der Waals surface area contributed by atoms with E-state index in [2.05, 4.69) is 66.5 Å². The molecular weight excluding hydrogens is 208 g/mol. The average molecular weight is 230 g/mol. The topological polar surface area (TPSA) is 15.3 Å². The molecule has 92 valence electrons. The van der Waals surface area contributed by atoms with Gasteiger partial charge in [-0.1, -0.05) is 42.5 Å². The summed E-state index contributed by atoms with van der Waals surface area (Å²) in [5, 5.41) is 3.50. The van der Waals surface area contributed by atoms with Crippen molar-refractivity contribution >= 4 is 6.08 Å². The molecule has 1 aromatic carbocycles. The van der Waals surface area contributed by atoms with Crippen LogP contribution in [0.25, 0.3) is 6.08 Å². The van der Waals surface area contributed by atoms with Crippen LogP contribution >= 0.6 is 0 Å². The zero-order valence-corrected chi connectivity index (χ0v) is 10.8. The van der Waals surface area contributed by atoms with Crippen molar-refractivity contribution in [3.05, 3.63) is 42.0 Å².